The summed E-state index contributed by atoms with van der Waals surface area (Å²) in [6.07, 6.45) is -3.27. The van der Waals surface area contributed by atoms with E-state index in [-0.39, 0.29) is 5.56 Å². The minimum absolute atomic E-state index is 0.0314. The van der Waals surface area contributed by atoms with Crippen LogP contribution in [-0.2, 0) is 0 Å². The highest BCUT2D eigenvalue weighted by Crippen LogP contribution is 2.26. The minimum atomic E-state index is -2.48. The summed E-state index contributed by atoms with van der Waals surface area (Å²) in [4.78, 5) is 0. The van der Waals surface area contributed by atoms with Crippen LogP contribution in [0.25, 0.3) is 0 Å². The maximum absolute atomic E-state index is 12.5. The molecule has 0 saturated heterocycles. The average molecular weight is 276 g/mol. The summed E-state index contributed by atoms with van der Waals surface area (Å²) in [5.74, 6) is 0.437. The summed E-state index contributed by atoms with van der Waals surface area (Å²) in [7, 11) is 0. The van der Waals surface area contributed by atoms with Crippen LogP contribution in [-0.4, -0.2) is 5.11 Å². The predicted molar refractivity (Wildman–Crippen MR) is 76.0 cm³/mol. The number of halogens is 2. The molecule has 2 aromatic carbocycles. The fourth-order valence-electron chi connectivity index (χ4n) is 2.08. The molecular formula is C17H18F2O. The van der Waals surface area contributed by atoms with Gasteiger partial charge in [0.25, 0.3) is 6.43 Å². The number of aliphatic hydroxyl groups excluding tert-OH is 1. The second-order valence-electron chi connectivity index (χ2n) is 5.19. The lowest BCUT2D eigenvalue weighted by Crippen LogP contribution is -2.00. The molecule has 0 fully saturated rings. The summed E-state index contributed by atoms with van der Waals surface area (Å²) in [5, 5.41) is 10.3. The molecule has 20 heavy (non-hydrogen) atoms. The molecule has 2 aromatic rings. The van der Waals surface area contributed by atoms with Crippen LogP contribution in [0.3, 0.4) is 0 Å². The Morgan fingerprint density at radius 1 is 0.700 bits per heavy atom. The monoisotopic (exact) mass is 276 g/mol. The average Bonchev–Trinajstić information content (AvgIpc) is 2.46. The van der Waals surface area contributed by atoms with Gasteiger partial charge < -0.3 is 5.11 Å². The summed E-state index contributed by atoms with van der Waals surface area (Å²) < 4.78 is 25.0. The highest BCUT2D eigenvalue weighted by Gasteiger charge is 2.12. The van der Waals surface area contributed by atoms with E-state index >= 15 is 0 Å². The van der Waals surface area contributed by atoms with Crippen molar-refractivity contribution in [2.75, 3.05) is 0 Å². The normalized spacial score (nSPS) is 12.9. The molecule has 1 N–H and O–H groups in total. The first-order chi connectivity index (χ1) is 9.49. The molecule has 3 heteroatoms. The minimum Gasteiger partial charge on any atom is -0.384 e. The lowest BCUT2D eigenvalue weighted by molar-refractivity contribution is 0.151. The topological polar surface area (TPSA) is 20.2 Å². The van der Waals surface area contributed by atoms with E-state index in [4.69, 9.17) is 0 Å². The van der Waals surface area contributed by atoms with E-state index in [1.54, 1.807) is 12.1 Å². The lowest BCUT2D eigenvalue weighted by atomic mass is 9.96. The smallest absolute Gasteiger partial charge is 0.263 e. The molecule has 0 radical (unpaired) electrons. The SMILES string of the molecule is CC(C)c1ccc(C(O)c2ccc(C(F)F)cc2)cc1. The molecule has 0 bridgehead atoms. The summed E-state index contributed by atoms with van der Waals surface area (Å²) in [6, 6.07) is 13.5. The summed E-state index contributed by atoms with van der Waals surface area (Å²) >= 11 is 0. The molecular weight excluding hydrogens is 258 g/mol. The Kier molecular flexibility index (Phi) is 4.50. The number of alkyl halides is 2. The van der Waals surface area contributed by atoms with Crippen molar-refractivity contribution in [2.24, 2.45) is 0 Å². The van der Waals surface area contributed by atoms with Gasteiger partial charge in [-0.25, -0.2) is 8.78 Å². The Labute approximate surface area is 117 Å². The third-order valence-electron chi connectivity index (χ3n) is 3.42. The van der Waals surface area contributed by atoms with Crippen LogP contribution in [0, 0.1) is 0 Å². The van der Waals surface area contributed by atoms with E-state index in [9.17, 15) is 13.9 Å². The van der Waals surface area contributed by atoms with E-state index < -0.39 is 12.5 Å². The molecule has 0 aromatic heterocycles. The summed E-state index contributed by atoms with van der Waals surface area (Å²) in [5.41, 5.74) is 2.55. The molecule has 106 valence electrons. The van der Waals surface area contributed by atoms with Gasteiger partial charge in [0.05, 0.1) is 0 Å². The van der Waals surface area contributed by atoms with Crippen LogP contribution >= 0.6 is 0 Å². The van der Waals surface area contributed by atoms with E-state index in [1.165, 1.54) is 17.7 Å². The molecule has 0 aliphatic heterocycles. The Balaban J connectivity index is 2.19. The van der Waals surface area contributed by atoms with Gasteiger partial charge in [-0.2, -0.15) is 0 Å². The number of benzene rings is 2. The van der Waals surface area contributed by atoms with Crippen molar-refractivity contribution >= 4 is 0 Å². The van der Waals surface area contributed by atoms with Crippen molar-refractivity contribution in [1.29, 1.82) is 0 Å². The predicted octanol–water partition coefficient (Wildman–Crippen LogP) is 4.83. The highest BCUT2D eigenvalue weighted by atomic mass is 19.3. The van der Waals surface area contributed by atoms with Crippen LogP contribution in [0.2, 0.25) is 0 Å². The molecule has 1 atom stereocenters. The second-order valence-corrected chi connectivity index (χ2v) is 5.19. The number of rotatable bonds is 4. The first-order valence-corrected chi connectivity index (χ1v) is 6.65. The van der Waals surface area contributed by atoms with Crippen molar-refractivity contribution < 1.29 is 13.9 Å². The lowest BCUT2D eigenvalue weighted by Gasteiger charge is -2.13. The number of hydrogen-bond donors (Lipinski definition) is 1. The first-order valence-electron chi connectivity index (χ1n) is 6.65. The molecule has 0 amide bonds. The first kappa shape index (κ1) is 14.7. The molecule has 1 nitrogen and oxygen atoms in total. The molecule has 0 spiro atoms. The number of aliphatic hydroxyl groups is 1. The largest absolute Gasteiger partial charge is 0.384 e. The van der Waals surface area contributed by atoms with Gasteiger partial charge in [-0.15, -0.1) is 0 Å². The second kappa shape index (κ2) is 6.14. The van der Waals surface area contributed by atoms with Gasteiger partial charge in [0.2, 0.25) is 0 Å². The van der Waals surface area contributed by atoms with Crippen LogP contribution in [0.1, 0.15) is 54.5 Å². The zero-order valence-corrected chi connectivity index (χ0v) is 11.6. The van der Waals surface area contributed by atoms with Gasteiger partial charge in [-0.05, 0) is 22.6 Å². The van der Waals surface area contributed by atoms with E-state index in [0.29, 0.717) is 11.5 Å². The van der Waals surface area contributed by atoms with Crippen LogP contribution in [0.5, 0.6) is 0 Å². The maximum Gasteiger partial charge on any atom is 0.263 e. The Hall–Kier alpha value is -1.74. The van der Waals surface area contributed by atoms with E-state index in [0.717, 1.165) is 5.56 Å². The van der Waals surface area contributed by atoms with Gasteiger partial charge in [0, 0.05) is 5.56 Å². The molecule has 0 saturated carbocycles. The van der Waals surface area contributed by atoms with Crippen LogP contribution in [0.4, 0.5) is 8.78 Å². The maximum atomic E-state index is 12.5. The van der Waals surface area contributed by atoms with Crippen molar-refractivity contribution in [3.63, 3.8) is 0 Å². The molecule has 2 rings (SSSR count). The molecule has 0 heterocycles. The zero-order chi connectivity index (χ0) is 14.7. The fraction of sp³-hybridized carbons (Fsp3) is 0.294. The third kappa shape index (κ3) is 3.23. The third-order valence-corrected chi connectivity index (χ3v) is 3.42. The van der Waals surface area contributed by atoms with Gasteiger partial charge in [-0.1, -0.05) is 62.4 Å². The Bertz CT molecular complexity index is 493. The van der Waals surface area contributed by atoms with Crippen LogP contribution in [0.15, 0.2) is 48.5 Å². The Morgan fingerprint density at radius 2 is 1.05 bits per heavy atom. The van der Waals surface area contributed by atoms with Gasteiger partial charge in [0.1, 0.15) is 6.10 Å². The standard InChI is InChI=1S/C17H18F2O/c1-11(2)12-3-5-13(6-4-12)16(20)14-7-9-15(10-8-14)17(18)19/h3-11,16-17,20H,1-2H3. The van der Waals surface area contributed by atoms with Crippen molar-refractivity contribution in [3.8, 4) is 0 Å². The molecule has 0 aliphatic rings. The quantitative estimate of drug-likeness (QED) is 0.848. The molecule has 1 unspecified atom stereocenters. The van der Waals surface area contributed by atoms with Crippen LogP contribution < -0.4 is 0 Å². The van der Waals surface area contributed by atoms with E-state index in [1.807, 2.05) is 24.3 Å². The van der Waals surface area contributed by atoms with Gasteiger partial charge in [0.15, 0.2) is 0 Å². The van der Waals surface area contributed by atoms with Gasteiger partial charge >= 0.3 is 0 Å². The highest BCUT2D eigenvalue weighted by molar-refractivity contribution is 5.34. The van der Waals surface area contributed by atoms with E-state index in [2.05, 4.69) is 13.8 Å². The summed E-state index contributed by atoms with van der Waals surface area (Å²) in [6.45, 7) is 4.21. The number of hydrogen-bond acceptors (Lipinski definition) is 1. The molecule has 0 aliphatic carbocycles. The van der Waals surface area contributed by atoms with Crippen molar-refractivity contribution in [1.82, 2.24) is 0 Å². The fourth-order valence-corrected chi connectivity index (χ4v) is 2.08. The Morgan fingerprint density at radius 3 is 1.40 bits per heavy atom. The zero-order valence-electron chi connectivity index (χ0n) is 11.6. The van der Waals surface area contributed by atoms with Crippen molar-refractivity contribution in [2.45, 2.75) is 32.3 Å². The van der Waals surface area contributed by atoms with Crippen molar-refractivity contribution in [3.05, 3.63) is 70.8 Å². The van der Waals surface area contributed by atoms with Gasteiger partial charge in [-0.3, -0.25) is 0 Å².